The van der Waals surface area contributed by atoms with Crippen molar-refractivity contribution < 1.29 is 21.6 Å². The monoisotopic (exact) mass is 332 g/mol. The third kappa shape index (κ3) is 5.28. The molecule has 0 bridgehead atoms. The summed E-state index contributed by atoms with van der Waals surface area (Å²) in [6.45, 7) is 0.439. The van der Waals surface area contributed by atoms with Crippen LogP contribution < -0.4 is 4.72 Å². The molecule has 116 valence electrons. The van der Waals surface area contributed by atoms with E-state index in [2.05, 4.69) is 4.72 Å². The normalized spacial score (nSPS) is 12.3. The molecule has 0 amide bonds. The maximum absolute atomic E-state index is 12.7. The zero-order chi connectivity index (χ0) is 14.7. The van der Waals surface area contributed by atoms with Gasteiger partial charge in [0.25, 0.3) is 0 Å². The van der Waals surface area contributed by atoms with Crippen molar-refractivity contribution in [2.75, 3.05) is 27.2 Å². The Hall–Kier alpha value is -0.830. The minimum atomic E-state index is -4.70. The summed E-state index contributed by atoms with van der Waals surface area (Å²) in [5, 5.41) is 0. The summed E-state index contributed by atoms with van der Waals surface area (Å²) < 4.78 is 64.0. The number of sulfonamides is 1. The number of nitrogens with zero attached hydrogens (tertiary/aromatic N) is 1. The average molecular weight is 333 g/mol. The van der Waals surface area contributed by atoms with E-state index in [4.69, 9.17) is 0 Å². The van der Waals surface area contributed by atoms with Crippen molar-refractivity contribution in [2.45, 2.75) is 11.1 Å². The molecule has 0 aliphatic carbocycles. The van der Waals surface area contributed by atoms with Gasteiger partial charge in [0.1, 0.15) is 0 Å². The van der Waals surface area contributed by atoms with Gasteiger partial charge in [-0.05, 0) is 26.2 Å². The number of nitrogens with one attached hydrogen (secondary N) is 1. The molecule has 0 unspecified atom stereocenters. The van der Waals surface area contributed by atoms with Crippen LogP contribution >= 0.6 is 12.4 Å². The van der Waals surface area contributed by atoms with Crippen molar-refractivity contribution in [3.63, 3.8) is 0 Å². The quantitative estimate of drug-likeness (QED) is 0.897. The Kier molecular flexibility index (Phi) is 6.96. The van der Waals surface area contributed by atoms with Crippen LogP contribution in [0.4, 0.5) is 13.2 Å². The smallest absolute Gasteiger partial charge is 0.308 e. The molecule has 0 aliphatic heterocycles. The zero-order valence-corrected chi connectivity index (χ0v) is 12.6. The highest BCUT2D eigenvalue weighted by Gasteiger charge is 2.36. The van der Waals surface area contributed by atoms with E-state index >= 15 is 0 Å². The number of likely N-dealkylation sites (N-methyl/N-ethyl adjacent to an activating group) is 1. The molecule has 0 aliphatic rings. The Morgan fingerprint density at radius 1 is 1.20 bits per heavy atom. The van der Waals surface area contributed by atoms with E-state index < -0.39 is 26.7 Å². The van der Waals surface area contributed by atoms with Crippen LogP contribution in [0.15, 0.2) is 29.2 Å². The molecule has 1 aromatic rings. The maximum atomic E-state index is 12.7. The molecule has 20 heavy (non-hydrogen) atoms. The lowest BCUT2D eigenvalue weighted by molar-refractivity contribution is -0.139. The highest BCUT2D eigenvalue weighted by molar-refractivity contribution is 7.89. The van der Waals surface area contributed by atoms with Crippen molar-refractivity contribution in [1.29, 1.82) is 0 Å². The second-order valence-electron chi connectivity index (χ2n) is 4.19. The third-order valence-electron chi connectivity index (χ3n) is 2.33. The molecular weight excluding hydrogens is 317 g/mol. The summed E-state index contributed by atoms with van der Waals surface area (Å²) in [6, 6.07) is 4.11. The number of rotatable bonds is 5. The first-order valence-electron chi connectivity index (χ1n) is 5.45. The topological polar surface area (TPSA) is 49.4 Å². The van der Waals surface area contributed by atoms with Gasteiger partial charge in [0.2, 0.25) is 10.0 Å². The van der Waals surface area contributed by atoms with Crippen molar-refractivity contribution in [2.24, 2.45) is 0 Å². The van der Waals surface area contributed by atoms with Gasteiger partial charge < -0.3 is 4.90 Å². The first kappa shape index (κ1) is 19.2. The second kappa shape index (κ2) is 7.26. The Morgan fingerprint density at radius 2 is 1.75 bits per heavy atom. The second-order valence-corrected chi connectivity index (χ2v) is 5.93. The first-order chi connectivity index (χ1) is 8.64. The first-order valence-corrected chi connectivity index (χ1v) is 6.93. The fraction of sp³-hybridized carbons (Fsp3) is 0.455. The molecule has 9 heteroatoms. The fourth-order valence-corrected chi connectivity index (χ4v) is 2.66. The van der Waals surface area contributed by atoms with Crippen LogP contribution in [-0.2, 0) is 16.2 Å². The lowest BCUT2D eigenvalue weighted by atomic mass is 10.2. The van der Waals surface area contributed by atoms with Gasteiger partial charge in [-0.3, -0.25) is 0 Å². The summed E-state index contributed by atoms with van der Waals surface area (Å²) in [5.41, 5.74) is -1.16. The van der Waals surface area contributed by atoms with E-state index in [0.717, 1.165) is 18.2 Å². The Bertz CT molecular complexity index is 533. The van der Waals surface area contributed by atoms with E-state index in [1.165, 1.54) is 6.07 Å². The van der Waals surface area contributed by atoms with Crippen molar-refractivity contribution in [1.82, 2.24) is 9.62 Å². The van der Waals surface area contributed by atoms with E-state index in [1.54, 1.807) is 19.0 Å². The largest absolute Gasteiger partial charge is 0.417 e. The molecule has 4 nitrogen and oxygen atoms in total. The van der Waals surface area contributed by atoms with Crippen molar-refractivity contribution >= 4 is 22.4 Å². The van der Waals surface area contributed by atoms with Crippen LogP contribution in [0.3, 0.4) is 0 Å². The van der Waals surface area contributed by atoms with Crippen molar-refractivity contribution in [3.05, 3.63) is 29.8 Å². The standard InChI is InChI=1S/C11H15F3N2O2S.ClH/c1-16(2)8-7-15-19(17,18)10-6-4-3-5-9(10)11(12,13)14;/h3-6,15H,7-8H2,1-2H3;1H. The predicted octanol–water partition coefficient (Wildman–Crippen LogP) is 1.97. The Morgan fingerprint density at radius 3 is 2.25 bits per heavy atom. The van der Waals surface area contributed by atoms with E-state index in [-0.39, 0.29) is 19.0 Å². The van der Waals surface area contributed by atoms with Gasteiger partial charge in [0.15, 0.2) is 0 Å². The molecule has 0 aromatic heterocycles. The SMILES string of the molecule is CN(C)CCNS(=O)(=O)c1ccccc1C(F)(F)F.Cl. The minimum absolute atomic E-state index is 0. The number of alkyl halides is 3. The summed E-state index contributed by atoms with van der Waals surface area (Å²) >= 11 is 0. The van der Waals surface area contributed by atoms with Gasteiger partial charge in [-0.15, -0.1) is 12.4 Å². The summed E-state index contributed by atoms with van der Waals surface area (Å²) in [5.74, 6) is 0. The summed E-state index contributed by atoms with van der Waals surface area (Å²) in [7, 11) is -0.698. The Balaban J connectivity index is 0.00000361. The van der Waals surface area contributed by atoms with Crippen molar-refractivity contribution in [3.8, 4) is 0 Å². The van der Waals surface area contributed by atoms with Gasteiger partial charge in [-0.2, -0.15) is 13.2 Å². The predicted molar refractivity (Wildman–Crippen MR) is 72.4 cm³/mol. The van der Waals surface area contributed by atoms with E-state index in [1.807, 2.05) is 0 Å². The van der Waals surface area contributed by atoms with E-state index in [0.29, 0.717) is 6.54 Å². The van der Waals surface area contributed by atoms with Gasteiger partial charge >= 0.3 is 6.18 Å². The molecule has 1 rings (SSSR count). The van der Waals surface area contributed by atoms with Crippen LogP contribution in [0.5, 0.6) is 0 Å². The molecule has 0 fully saturated rings. The average Bonchev–Trinajstić information content (AvgIpc) is 2.27. The van der Waals surface area contributed by atoms with Gasteiger partial charge in [0, 0.05) is 13.1 Å². The van der Waals surface area contributed by atoms with Gasteiger partial charge in [-0.25, -0.2) is 13.1 Å². The molecule has 0 atom stereocenters. The summed E-state index contributed by atoms with van der Waals surface area (Å²) in [6.07, 6.45) is -4.70. The van der Waals surface area contributed by atoms with Crippen LogP contribution in [-0.4, -0.2) is 40.5 Å². The zero-order valence-electron chi connectivity index (χ0n) is 10.9. The molecule has 1 N–H and O–H groups in total. The fourth-order valence-electron chi connectivity index (χ4n) is 1.42. The van der Waals surface area contributed by atoms with E-state index in [9.17, 15) is 21.6 Å². The lowest BCUT2D eigenvalue weighted by Crippen LogP contribution is -2.32. The number of hydrogen-bond donors (Lipinski definition) is 1. The number of hydrogen-bond acceptors (Lipinski definition) is 3. The third-order valence-corrected chi connectivity index (χ3v) is 3.85. The summed E-state index contributed by atoms with van der Waals surface area (Å²) in [4.78, 5) is 0.972. The highest BCUT2D eigenvalue weighted by Crippen LogP contribution is 2.33. The lowest BCUT2D eigenvalue weighted by Gasteiger charge is -2.14. The van der Waals surface area contributed by atoms with Crippen LogP contribution in [0.1, 0.15) is 5.56 Å². The number of halogens is 4. The van der Waals surface area contributed by atoms with Gasteiger partial charge in [0.05, 0.1) is 10.5 Å². The Labute approximate surface area is 122 Å². The molecule has 1 aromatic carbocycles. The van der Waals surface area contributed by atoms with Crippen LogP contribution in [0.25, 0.3) is 0 Å². The molecule has 0 spiro atoms. The molecular formula is C11H16ClF3N2O2S. The minimum Gasteiger partial charge on any atom is -0.308 e. The molecule has 0 radical (unpaired) electrons. The van der Waals surface area contributed by atoms with Crippen LogP contribution in [0, 0.1) is 0 Å². The maximum Gasteiger partial charge on any atom is 0.417 e. The highest BCUT2D eigenvalue weighted by atomic mass is 35.5. The molecule has 0 saturated carbocycles. The molecule has 0 heterocycles. The van der Waals surface area contributed by atoms with Gasteiger partial charge in [-0.1, -0.05) is 12.1 Å². The molecule has 0 saturated heterocycles. The van der Waals surface area contributed by atoms with Crippen LogP contribution in [0.2, 0.25) is 0 Å². The number of benzene rings is 1.